The molecule has 2 aliphatic carbocycles. The number of hydrogen-bond acceptors (Lipinski definition) is 1. The van der Waals surface area contributed by atoms with Crippen molar-refractivity contribution in [3.05, 3.63) is 41.5 Å². The molecule has 0 saturated heterocycles. The minimum absolute atomic E-state index is 0.200. The van der Waals surface area contributed by atoms with Gasteiger partial charge in [0.2, 0.25) is 5.91 Å². The number of carbonyl (C=O) groups excluding carboxylic acids is 1. The van der Waals surface area contributed by atoms with Gasteiger partial charge in [0.05, 0.1) is 0 Å². The van der Waals surface area contributed by atoms with Crippen LogP contribution in [0.5, 0.6) is 0 Å². The molecule has 1 fully saturated rings. The average Bonchev–Trinajstić information content (AvgIpc) is 3.05. The zero-order valence-corrected chi connectivity index (χ0v) is 12.4. The molecule has 2 nitrogen and oxygen atoms in total. The lowest BCUT2D eigenvalue weighted by atomic mass is 10.1. The molecule has 0 aromatic heterocycles. The number of rotatable bonds is 2. The van der Waals surface area contributed by atoms with Crippen molar-refractivity contribution in [3.8, 4) is 0 Å². The second kappa shape index (κ2) is 5.43. The van der Waals surface area contributed by atoms with Crippen molar-refractivity contribution >= 4 is 11.6 Å². The summed E-state index contributed by atoms with van der Waals surface area (Å²) >= 11 is 0. The first kappa shape index (κ1) is 13.4. The third-order valence-corrected chi connectivity index (χ3v) is 4.82. The molecular formula is C18H23NO. The molecule has 3 rings (SSSR count). The Morgan fingerprint density at radius 1 is 1.20 bits per heavy atom. The monoisotopic (exact) mass is 269 g/mol. The minimum Gasteiger partial charge on any atom is -0.326 e. The van der Waals surface area contributed by atoms with Gasteiger partial charge in [-0.1, -0.05) is 24.6 Å². The standard InChI is InChI=1S/C18H23NO/c1-12-9-10-14(11-13(12)2)19-18(20)17-15-7-5-3-4-6-8-16(15)17/h5,7,9-11,15-17H,3-4,6,8H2,1-2H3,(H,19,20)/t15-,16+,17+/m1/s1. The fourth-order valence-corrected chi connectivity index (χ4v) is 3.34. The van der Waals surface area contributed by atoms with Gasteiger partial charge in [-0.3, -0.25) is 4.79 Å². The molecule has 1 aromatic rings. The first-order chi connectivity index (χ1) is 9.66. The zero-order chi connectivity index (χ0) is 14.1. The summed E-state index contributed by atoms with van der Waals surface area (Å²) in [6.07, 6.45) is 9.45. The SMILES string of the molecule is Cc1ccc(NC(=O)[C@H]2[C@@H]3C=CCCCC[C@@H]32)cc1C. The lowest BCUT2D eigenvalue weighted by Gasteiger charge is -2.07. The van der Waals surface area contributed by atoms with Crippen LogP contribution in [0.1, 0.15) is 36.8 Å². The van der Waals surface area contributed by atoms with Crippen molar-refractivity contribution < 1.29 is 4.79 Å². The maximum atomic E-state index is 12.4. The fraction of sp³-hybridized carbons (Fsp3) is 0.500. The Bertz CT molecular complexity index is 546. The van der Waals surface area contributed by atoms with E-state index >= 15 is 0 Å². The number of carbonyl (C=O) groups is 1. The largest absolute Gasteiger partial charge is 0.326 e. The topological polar surface area (TPSA) is 29.1 Å². The highest BCUT2D eigenvalue weighted by Crippen LogP contribution is 2.51. The third kappa shape index (κ3) is 2.65. The molecule has 1 saturated carbocycles. The second-order valence-corrected chi connectivity index (χ2v) is 6.27. The molecule has 1 aromatic carbocycles. The molecule has 3 atom stereocenters. The van der Waals surface area contributed by atoms with Crippen LogP contribution in [-0.4, -0.2) is 5.91 Å². The molecular weight excluding hydrogens is 246 g/mol. The summed E-state index contributed by atoms with van der Waals surface area (Å²) in [7, 11) is 0. The van der Waals surface area contributed by atoms with Crippen molar-refractivity contribution in [2.75, 3.05) is 5.32 Å². The lowest BCUT2D eigenvalue weighted by molar-refractivity contribution is -0.117. The van der Waals surface area contributed by atoms with Gasteiger partial charge < -0.3 is 5.32 Å². The molecule has 0 bridgehead atoms. The summed E-state index contributed by atoms with van der Waals surface area (Å²) in [5.41, 5.74) is 3.42. The van der Waals surface area contributed by atoms with Crippen LogP contribution in [0, 0.1) is 31.6 Å². The van der Waals surface area contributed by atoms with Gasteiger partial charge in [0.25, 0.3) is 0 Å². The summed E-state index contributed by atoms with van der Waals surface area (Å²) in [5.74, 6) is 1.47. The van der Waals surface area contributed by atoms with Crippen LogP contribution in [-0.2, 0) is 4.79 Å². The van der Waals surface area contributed by atoms with E-state index in [2.05, 4.69) is 43.4 Å². The summed E-state index contributed by atoms with van der Waals surface area (Å²) in [6.45, 7) is 4.17. The predicted molar refractivity (Wildman–Crippen MR) is 82.6 cm³/mol. The van der Waals surface area contributed by atoms with Gasteiger partial charge in [0.15, 0.2) is 0 Å². The second-order valence-electron chi connectivity index (χ2n) is 6.27. The Kier molecular flexibility index (Phi) is 3.64. The number of fused-ring (bicyclic) bond motifs is 1. The van der Waals surface area contributed by atoms with Crippen LogP contribution in [0.15, 0.2) is 30.4 Å². The third-order valence-electron chi connectivity index (χ3n) is 4.82. The first-order valence-electron chi connectivity index (χ1n) is 7.71. The van der Waals surface area contributed by atoms with E-state index in [1.807, 2.05) is 6.07 Å². The van der Waals surface area contributed by atoms with Crippen LogP contribution in [0.25, 0.3) is 0 Å². The Balaban J connectivity index is 1.66. The highest BCUT2D eigenvalue weighted by molar-refractivity contribution is 5.95. The number of allylic oxidation sites excluding steroid dienone is 2. The summed E-state index contributed by atoms with van der Waals surface area (Å²) in [5, 5.41) is 3.10. The Morgan fingerprint density at radius 3 is 2.85 bits per heavy atom. The van der Waals surface area contributed by atoms with E-state index in [4.69, 9.17) is 0 Å². The molecule has 1 N–H and O–H groups in total. The summed E-state index contributed by atoms with van der Waals surface area (Å²) in [6, 6.07) is 6.13. The number of nitrogens with one attached hydrogen (secondary N) is 1. The van der Waals surface area contributed by atoms with Crippen LogP contribution in [0.4, 0.5) is 5.69 Å². The van der Waals surface area contributed by atoms with Crippen molar-refractivity contribution in [2.24, 2.45) is 17.8 Å². The highest BCUT2D eigenvalue weighted by atomic mass is 16.2. The summed E-state index contributed by atoms with van der Waals surface area (Å²) in [4.78, 5) is 12.4. The molecule has 106 valence electrons. The van der Waals surface area contributed by atoms with E-state index in [0.717, 1.165) is 5.69 Å². The van der Waals surface area contributed by atoms with Gasteiger partial charge in [-0.2, -0.15) is 0 Å². The van der Waals surface area contributed by atoms with Gasteiger partial charge in [-0.05, 0) is 68.2 Å². The van der Waals surface area contributed by atoms with E-state index in [9.17, 15) is 4.79 Å². The molecule has 0 radical (unpaired) electrons. The maximum absolute atomic E-state index is 12.4. The molecule has 0 heterocycles. The molecule has 0 unspecified atom stereocenters. The smallest absolute Gasteiger partial charge is 0.228 e. The van der Waals surface area contributed by atoms with Gasteiger partial charge in [-0.15, -0.1) is 0 Å². The van der Waals surface area contributed by atoms with Crippen molar-refractivity contribution in [1.82, 2.24) is 0 Å². The van der Waals surface area contributed by atoms with Gasteiger partial charge >= 0.3 is 0 Å². The average molecular weight is 269 g/mol. The Labute approximate surface area is 121 Å². The number of hydrogen-bond donors (Lipinski definition) is 1. The molecule has 0 spiro atoms. The van der Waals surface area contributed by atoms with Crippen LogP contribution < -0.4 is 5.32 Å². The number of anilines is 1. The van der Waals surface area contributed by atoms with Crippen molar-refractivity contribution in [2.45, 2.75) is 39.5 Å². The van der Waals surface area contributed by atoms with Gasteiger partial charge in [-0.25, -0.2) is 0 Å². The van der Waals surface area contributed by atoms with Crippen LogP contribution in [0.3, 0.4) is 0 Å². The molecule has 1 amide bonds. The number of benzene rings is 1. The van der Waals surface area contributed by atoms with Gasteiger partial charge in [0, 0.05) is 11.6 Å². The predicted octanol–water partition coefficient (Wildman–Crippen LogP) is 4.23. The molecule has 2 heteroatoms. The van der Waals surface area contributed by atoms with Gasteiger partial charge in [0.1, 0.15) is 0 Å². The van der Waals surface area contributed by atoms with E-state index in [0.29, 0.717) is 11.8 Å². The van der Waals surface area contributed by atoms with E-state index in [-0.39, 0.29) is 11.8 Å². The Morgan fingerprint density at radius 2 is 2.05 bits per heavy atom. The van der Waals surface area contributed by atoms with Crippen LogP contribution >= 0.6 is 0 Å². The quantitative estimate of drug-likeness (QED) is 0.800. The minimum atomic E-state index is 0.200. The maximum Gasteiger partial charge on any atom is 0.228 e. The first-order valence-corrected chi connectivity index (χ1v) is 7.71. The van der Waals surface area contributed by atoms with Crippen molar-refractivity contribution in [3.63, 3.8) is 0 Å². The highest BCUT2D eigenvalue weighted by Gasteiger charge is 2.52. The summed E-state index contributed by atoms with van der Waals surface area (Å²) < 4.78 is 0. The molecule has 20 heavy (non-hydrogen) atoms. The van der Waals surface area contributed by atoms with E-state index in [1.165, 1.54) is 36.8 Å². The van der Waals surface area contributed by atoms with E-state index < -0.39 is 0 Å². The normalized spacial score (nSPS) is 28.2. The Hall–Kier alpha value is -1.57. The van der Waals surface area contributed by atoms with E-state index in [1.54, 1.807) is 0 Å². The fourth-order valence-electron chi connectivity index (χ4n) is 3.34. The molecule has 0 aliphatic heterocycles. The van der Waals surface area contributed by atoms with Crippen molar-refractivity contribution in [1.29, 1.82) is 0 Å². The number of amides is 1. The lowest BCUT2D eigenvalue weighted by Crippen LogP contribution is -2.15. The zero-order valence-electron chi connectivity index (χ0n) is 12.4. The number of aryl methyl sites for hydroxylation is 2. The van der Waals surface area contributed by atoms with Crippen LogP contribution in [0.2, 0.25) is 0 Å². The molecule has 2 aliphatic rings.